The van der Waals surface area contributed by atoms with Crippen LogP contribution in [0.15, 0.2) is 27.6 Å². The maximum atomic E-state index is 11.1. The molecule has 1 aromatic heterocycles. The molecule has 0 saturated carbocycles. The third-order valence-electron chi connectivity index (χ3n) is 2.13. The van der Waals surface area contributed by atoms with Crippen LogP contribution in [-0.4, -0.2) is 13.6 Å². The van der Waals surface area contributed by atoms with Crippen LogP contribution in [0.25, 0.3) is 10.9 Å². The molecule has 4 nitrogen and oxygen atoms in total. The van der Waals surface area contributed by atoms with Crippen molar-refractivity contribution in [2.45, 2.75) is 18.2 Å². The van der Waals surface area contributed by atoms with Gasteiger partial charge in [-0.1, -0.05) is 12.1 Å². The Bertz CT molecular complexity index is 603. The van der Waals surface area contributed by atoms with Gasteiger partial charge in [0.1, 0.15) is 11.3 Å². The molecule has 1 heterocycles. The van der Waals surface area contributed by atoms with E-state index >= 15 is 0 Å². The highest BCUT2D eigenvalue weighted by atomic mass is 35.7. The number of benzene rings is 1. The Morgan fingerprint density at radius 2 is 2.20 bits per heavy atom. The largest absolute Gasteiger partial charge is 0.360 e. The van der Waals surface area contributed by atoms with E-state index in [-0.39, 0.29) is 4.90 Å². The fourth-order valence-electron chi connectivity index (χ4n) is 1.38. The lowest BCUT2D eigenvalue weighted by Crippen LogP contribution is -1.89. The first-order valence-electron chi connectivity index (χ1n) is 4.35. The molecule has 0 atom stereocenters. The third-order valence-corrected chi connectivity index (χ3v) is 3.48. The van der Waals surface area contributed by atoms with Crippen LogP contribution in [0.3, 0.4) is 0 Å². The average molecular weight is 246 g/mol. The van der Waals surface area contributed by atoms with Crippen molar-refractivity contribution in [3.8, 4) is 0 Å². The van der Waals surface area contributed by atoms with Crippen LogP contribution in [0.2, 0.25) is 0 Å². The number of rotatable bonds is 2. The number of halogens is 1. The normalized spacial score (nSPS) is 12.1. The Hall–Kier alpha value is -1.07. The summed E-state index contributed by atoms with van der Waals surface area (Å²) in [6.07, 6.45) is 0.655. The van der Waals surface area contributed by atoms with E-state index in [0.29, 0.717) is 23.1 Å². The maximum absolute atomic E-state index is 11.1. The van der Waals surface area contributed by atoms with Crippen LogP contribution in [0.1, 0.15) is 12.7 Å². The van der Waals surface area contributed by atoms with E-state index in [0.717, 1.165) is 0 Å². The van der Waals surface area contributed by atoms with E-state index < -0.39 is 9.05 Å². The number of nitrogens with zero attached hydrogens (tertiary/aromatic N) is 1. The lowest BCUT2D eigenvalue weighted by molar-refractivity contribution is 0.395. The summed E-state index contributed by atoms with van der Waals surface area (Å²) in [6.45, 7) is 1.90. The van der Waals surface area contributed by atoms with E-state index in [4.69, 9.17) is 15.2 Å². The third kappa shape index (κ3) is 1.85. The number of aromatic nitrogens is 1. The summed E-state index contributed by atoms with van der Waals surface area (Å²) in [5.74, 6) is 0.659. The molecular weight excluding hydrogens is 238 g/mol. The minimum atomic E-state index is -3.69. The highest BCUT2D eigenvalue weighted by Crippen LogP contribution is 2.24. The Kier molecular flexibility index (Phi) is 2.44. The molecule has 0 bridgehead atoms. The molecule has 15 heavy (non-hydrogen) atoms. The molecule has 0 radical (unpaired) electrons. The van der Waals surface area contributed by atoms with Crippen molar-refractivity contribution < 1.29 is 12.9 Å². The predicted molar refractivity (Wildman–Crippen MR) is 56.4 cm³/mol. The molecule has 0 aliphatic rings. The molecule has 0 spiro atoms. The Morgan fingerprint density at radius 1 is 1.47 bits per heavy atom. The van der Waals surface area contributed by atoms with Gasteiger partial charge in [0.25, 0.3) is 9.05 Å². The minimum absolute atomic E-state index is 0.0644. The van der Waals surface area contributed by atoms with Crippen LogP contribution < -0.4 is 0 Å². The van der Waals surface area contributed by atoms with Crippen molar-refractivity contribution in [2.75, 3.05) is 0 Å². The molecule has 2 rings (SSSR count). The van der Waals surface area contributed by atoms with Gasteiger partial charge in [-0.2, -0.15) is 0 Å². The lowest BCUT2D eigenvalue weighted by Gasteiger charge is -1.95. The van der Waals surface area contributed by atoms with Crippen molar-refractivity contribution in [3.63, 3.8) is 0 Å². The first-order valence-corrected chi connectivity index (χ1v) is 6.66. The standard InChI is InChI=1S/C9H8ClNO3S/c1-2-9-7-5-6(15(10,12)13)3-4-8(7)11-14-9/h3-5H,2H2,1H3. The molecule has 80 valence electrons. The zero-order valence-electron chi connectivity index (χ0n) is 7.90. The summed E-state index contributed by atoms with van der Waals surface area (Å²) in [5, 5.41) is 4.49. The molecule has 0 fully saturated rings. The summed E-state index contributed by atoms with van der Waals surface area (Å²) < 4.78 is 27.3. The molecule has 1 aromatic carbocycles. The average Bonchev–Trinajstić information content (AvgIpc) is 2.57. The van der Waals surface area contributed by atoms with Gasteiger partial charge < -0.3 is 4.52 Å². The minimum Gasteiger partial charge on any atom is -0.360 e. The van der Waals surface area contributed by atoms with Gasteiger partial charge in [-0.15, -0.1) is 0 Å². The van der Waals surface area contributed by atoms with E-state index in [9.17, 15) is 8.42 Å². The second kappa shape index (κ2) is 3.50. The Balaban J connectivity index is 2.73. The molecule has 0 unspecified atom stereocenters. The van der Waals surface area contributed by atoms with Crippen LogP contribution in [0, 0.1) is 0 Å². The predicted octanol–water partition coefficient (Wildman–Crippen LogP) is 2.32. The Morgan fingerprint density at radius 3 is 2.80 bits per heavy atom. The van der Waals surface area contributed by atoms with Gasteiger partial charge in [-0.3, -0.25) is 0 Å². The number of hydrogen-bond acceptors (Lipinski definition) is 4. The van der Waals surface area contributed by atoms with E-state index in [2.05, 4.69) is 5.16 Å². The molecule has 2 aromatic rings. The van der Waals surface area contributed by atoms with Crippen LogP contribution in [-0.2, 0) is 15.5 Å². The zero-order chi connectivity index (χ0) is 11.1. The molecule has 0 saturated heterocycles. The van der Waals surface area contributed by atoms with Gasteiger partial charge in [-0.25, -0.2) is 8.42 Å². The topological polar surface area (TPSA) is 60.2 Å². The monoisotopic (exact) mass is 245 g/mol. The summed E-state index contributed by atoms with van der Waals surface area (Å²) in [7, 11) is 1.55. The van der Waals surface area contributed by atoms with Gasteiger partial charge in [0, 0.05) is 22.5 Å². The fraction of sp³-hybridized carbons (Fsp3) is 0.222. The summed E-state index contributed by atoms with van der Waals surface area (Å²) in [6, 6.07) is 4.47. The van der Waals surface area contributed by atoms with Gasteiger partial charge in [0.2, 0.25) is 0 Å². The van der Waals surface area contributed by atoms with Crippen molar-refractivity contribution in [1.82, 2.24) is 5.16 Å². The van der Waals surface area contributed by atoms with Gasteiger partial charge in [0.15, 0.2) is 0 Å². The molecule has 0 N–H and O–H groups in total. The van der Waals surface area contributed by atoms with Crippen LogP contribution >= 0.6 is 10.7 Å². The van der Waals surface area contributed by atoms with Crippen LogP contribution in [0.5, 0.6) is 0 Å². The highest BCUT2D eigenvalue weighted by molar-refractivity contribution is 8.13. The molecule has 6 heteroatoms. The smallest absolute Gasteiger partial charge is 0.261 e. The zero-order valence-corrected chi connectivity index (χ0v) is 9.47. The molecule has 0 aliphatic heterocycles. The fourth-order valence-corrected chi connectivity index (χ4v) is 2.16. The van der Waals surface area contributed by atoms with E-state index in [1.165, 1.54) is 12.1 Å². The first-order chi connectivity index (χ1) is 7.02. The van der Waals surface area contributed by atoms with Gasteiger partial charge >= 0.3 is 0 Å². The van der Waals surface area contributed by atoms with E-state index in [1.54, 1.807) is 6.07 Å². The van der Waals surface area contributed by atoms with Crippen LogP contribution in [0.4, 0.5) is 0 Å². The second-order valence-corrected chi connectivity index (χ2v) is 5.64. The summed E-state index contributed by atoms with van der Waals surface area (Å²) in [5.41, 5.74) is 0.635. The SMILES string of the molecule is CCc1onc2ccc(S(=O)(=O)Cl)cc12. The summed E-state index contributed by atoms with van der Waals surface area (Å²) in [4.78, 5) is 0.0644. The number of fused-ring (bicyclic) bond motifs is 1. The maximum Gasteiger partial charge on any atom is 0.261 e. The van der Waals surface area contributed by atoms with E-state index in [1.807, 2.05) is 6.92 Å². The van der Waals surface area contributed by atoms with Gasteiger partial charge in [-0.05, 0) is 18.2 Å². The first kappa shape index (κ1) is 10.4. The molecular formula is C9H8ClNO3S. The van der Waals surface area contributed by atoms with Crippen molar-refractivity contribution in [3.05, 3.63) is 24.0 Å². The molecule has 0 amide bonds. The highest BCUT2D eigenvalue weighted by Gasteiger charge is 2.13. The quantitative estimate of drug-likeness (QED) is 0.762. The van der Waals surface area contributed by atoms with Crippen molar-refractivity contribution in [2.24, 2.45) is 0 Å². The Labute approximate surface area is 91.2 Å². The van der Waals surface area contributed by atoms with Gasteiger partial charge in [0.05, 0.1) is 4.90 Å². The second-order valence-electron chi connectivity index (χ2n) is 3.08. The number of aryl methyl sites for hydroxylation is 1. The lowest BCUT2D eigenvalue weighted by atomic mass is 10.2. The van der Waals surface area contributed by atoms with Crippen molar-refractivity contribution >= 4 is 30.6 Å². The van der Waals surface area contributed by atoms with Crippen molar-refractivity contribution in [1.29, 1.82) is 0 Å². The molecule has 0 aliphatic carbocycles. The summed E-state index contributed by atoms with van der Waals surface area (Å²) >= 11 is 0. The number of hydrogen-bond donors (Lipinski definition) is 0.